The van der Waals surface area contributed by atoms with E-state index in [1.165, 1.54) is 0 Å². The van der Waals surface area contributed by atoms with Gasteiger partial charge in [-0.15, -0.1) is 11.3 Å². The molecule has 25 heavy (non-hydrogen) atoms. The van der Waals surface area contributed by atoms with Crippen LogP contribution in [0.25, 0.3) is 10.2 Å². The Morgan fingerprint density at radius 3 is 3.08 bits per heavy atom. The summed E-state index contributed by atoms with van der Waals surface area (Å²) in [7, 11) is 0. The zero-order valence-corrected chi connectivity index (χ0v) is 15.3. The van der Waals surface area contributed by atoms with Crippen LogP contribution in [0, 0.1) is 6.92 Å². The quantitative estimate of drug-likeness (QED) is 0.747. The SMILES string of the molecule is Cc1nc2cc(NC(=O)c3ccnc(O[C@@H]4CCSC4)c3)ccc2s1. The first-order chi connectivity index (χ1) is 12.2. The van der Waals surface area contributed by atoms with Crippen molar-refractivity contribution in [1.82, 2.24) is 9.97 Å². The van der Waals surface area contributed by atoms with E-state index in [9.17, 15) is 4.79 Å². The number of thioether (sulfide) groups is 1. The number of nitrogens with one attached hydrogen (secondary N) is 1. The van der Waals surface area contributed by atoms with Crippen LogP contribution in [0.2, 0.25) is 0 Å². The summed E-state index contributed by atoms with van der Waals surface area (Å²) in [5, 5.41) is 3.93. The van der Waals surface area contributed by atoms with Gasteiger partial charge in [0.1, 0.15) is 6.10 Å². The van der Waals surface area contributed by atoms with Crippen LogP contribution in [-0.2, 0) is 0 Å². The van der Waals surface area contributed by atoms with Crippen LogP contribution in [0.5, 0.6) is 5.88 Å². The molecule has 3 heterocycles. The van der Waals surface area contributed by atoms with Gasteiger partial charge < -0.3 is 10.1 Å². The van der Waals surface area contributed by atoms with E-state index in [0.717, 1.165) is 38.8 Å². The third kappa shape index (κ3) is 3.77. The molecule has 0 bridgehead atoms. The maximum atomic E-state index is 12.5. The molecule has 2 aromatic heterocycles. The molecule has 1 saturated heterocycles. The number of benzene rings is 1. The fourth-order valence-corrected chi connectivity index (χ4v) is 4.62. The minimum absolute atomic E-state index is 0.181. The second kappa shape index (κ2) is 7.01. The fourth-order valence-electron chi connectivity index (χ4n) is 2.72. The van der Waals surface area contributed by atoms with Gasteiger partial charge in [0.05, 0.1) is 15.2 Å². The van der Waals surface area contributed by atoms with Crippen LogP contribution in [0.15, 0.2) is 36.5 Å². The molecular formula is C18H17N3O2S2. The van der Waals surface area contributed by atoms with E-state index in [-0.39, 0.29) is 12.0 Å². The normalized spacial score (nSPS) is 16.9. The lowest BCUT2D eigenvalue weighted by Crippen LogP contribution is -2.17. The molecule has 1 atom stereocenters. The molecule has 0 spiro atoms. The number of aryl methyl sites for hydroxylation is 1. The number of fused-ring (bicyclic) bond motifs is 1. The third-order valence-corrected chi connectivity index (χ3v) is 6.01. The molecule has 1 fully saturated rings. The highest BCUT2D eigenvalue weighted by atomic mass is 32.2. The lowest BCUT2D eigenvalue weighted by atomic mass is 10.2. The predicted molar refractivity (Wildman–Crippen MR) is 103 cm³/mol. The number of thiazole rings is 1. The van der Waals surface area contributed by atoms with Crippen LogP contribution < -0.4 is 10.1 Å². The average molecular weight is 371 g/mol. The van der Waals surface area contributed by atoms with Gasteiger partial charge in [-0.25, -0.2) is 9.97 Å². The second-order valence-corrected chi connectivity index (χ2v) is 8.24. The van der Waals surface area contributed by atoms with Crippen molar-refractivity contribution in [3.05, 3.63) is 47.1 Å². The van der Waals surface area contributed by atoms with Gasteiger partial charge in [-0.1, -0.05) is 0 Å². The van der Waals surface area contributed by atoms with Crippen molar-refractivity contribution >= 4 is 44.9 Å². The highest BCUT2D eigenvalue weighted by molar-refractivity contribution is 7.99. The number of anilines is 1. The number of hydrogen-bond acceptors (Lipinski definition) is 6. The van der Waals surface area contributed by atoms with Crippen molar-refractivity contribution < 1.29 is 9.53 Å². The molecule has 0 saturated carbocycles. The van der Waals surface area contributed by atoms with Gasteiger partial charge in [0.15, 0.2) is 0 Å². The second-order valence-electron chi connectivity index (χ2n) is 5.86. The summed E-state index contributed by atoms with van der Waals surface area (Å²) in [6.07, 6.45) is 2.82. The molecule has 1 N–H and O–H groups in total. The minimum Gasteiger partial charge on any atom is -0.473 e. The summed E-state index contributed by atoms with van der Waals surface area (Å²) < 4.78 is 6.97. The Morgan fingerprint density at radius 1 is 1.32 bits per heavy atom. The van der Waals surface area contributed by atoms with Gasteiger partial charge in [-0.05, 0) is 43.4 Å². The molecule has 0 unspecified atom stereocenters. The monoisotopic (exact) mass is 371 g/mol. The summed E-state index contributed by atoms with van der Waals surface area (Å²) in [6, 6.07) is 9.16. The highest BCUT2D eigenvalue weighted by Gasteiger charge is 2.18. The molecule has 1 aliphatic heterocycles. The molecule has 1 amide bonds. The largest absolute Gasteiger partial charge is 0.473 e. The number of ether oxygens (including phenoxy) is 1. The Kier molecular flexibility index (Phi) is 4.59. The smallest absolute Gasteiger partial charge is 0.255 e. The number of nitrogens with zero attached hydrogens (tertiary/aromatic N) is 2. The first-order valence-corrected chi connectivity index (χ1v) is 10.0. The zero-order valence-electron chi connectivity index (χ0n) is 13.7. The highest BCUT2D eigenvalue weighted by Crippen LogP contribution is 2.25. The van der Waals surface area contributed by atoms with Crippen LogP contribution in [0.3, 0.4) is 0 Å². The van der Waals surface area contributed by atoms with E-state index < -0.39 is 0 Å². The van der Waals surface area contributed by atoms with Gasteiger partial charge in [0, 0.05) is 29.3 Å². The predicted octanol–water partition coefficient (Wildman–Crippen LogP) is 4.14. The Hall–Kier alpha value is -2.12. The van der Waals surface area contributed by atoms with E-state index in [0.29, 0.717) is 11.4 Å². The first kappa shape index (κ1) is 16.4. The number of carbonyl (C=O) groups excluding carboxylic acids is 1. The summed E-state index contributed by atoms with van der Waals surface area (Å²) in [6.45, 7) is 1.98. The number of pyridine rings is 1. The summed E-state index contributed by atoms with van der Waals surface area (Å²) >= 11 is 3.52. The Labute approximate surface area is 153 Å². The molecular weight excluding hydrogens is 354 g/mol. The molecule has 7 heteroatoms. The number of rotatable bonds is 4. The van der Waals surface area contributed by atoms with Gasteiger partial charge >= 0.3 is 0 Å². The molecule has 1 aliphatic rings. The zero-order chi connectivity index (χ0) is 17.2. The minimum atomic E-state index is -0.181. The van der Waals surface area contributed by atoms with E-state index in [1.807, 2.05) is 36.9 Å². The molecule has 4 rings (SSSR count). The van der Waals surface area contributed by atoms with Crippen LogP contribution in [0.4, 0.5) is 5.69 Å². The Morgan fingerprint density at radius 2 is 2.24 bits per heavy atom. The molecule has 0 radical (unpaired) electrons. The average Bonchev–Trinajstić information content (AvgIpc) is 3.23. The number of amides is 1. The molecule has 3 aromatic rings. The molecule has 128 valence electrons. The first-order valence-electron chi connectivity index (χ1n) is 8.06. The molecule has 1 aromatic carbocycles. The van der Waals surface area contributed by atoms with Crippen molar-refractivity contribution in [3.63, 3.8) is 0 Å². The number of carbonyl (C=O) groups is 1. The third-order valence-electron chi connectivity index (χ3n) is 3.92. The van der Waals surface area contributed by atoms with Crippen LogP contribution in [-0.4, -0.2) is 33.5 Å². The van der Waals surface area contributed by atoms with Gasteiger partial charge in [-0.2, -0.15) is 11.8 Å². The summed E-state index contributed by atoms with van der Waals surface area (Å²) in [5.74, 6) is 2.42. The lowest BCUT2D eigenvalue weighted by molar-refractivity contribution is 0.102. The lowest BCUT2D eigenvalue weighted by Gasteiger charge is -2.12. The van der Waals surface area contributed by atoms with Crippen molar-refractivity contribution in [3.8, 4) is 5.88 Å². The van der Waals surface area contributed by atoms with E-state index in [2.05, 4.69) is 15.3 Å². The van der Waals surface area contributed by atoms with Crippen LogP contribution >= 0.6 is 23.1 Å². The standard InChI is InChI=1S/C18H17N3O2S2/c1-11-20-15-9-13(2-3-16(15)25-11)21-18(22)12-4-6-19-17(8-12)23-14-5-7-24-10-14/h2-4,6,8-9,14H,5,7,10H2,1H3,(H,21,22)/t14-/m1/s1. The maximum absolute atomic E-state index is 12.5. The van der Waals surface area contributed by atoms with E-state index >= 15 is 0 Å². The van der Waals surface area contributed by atoms with Crippen LogP contribution in [0.1, 0.15) is 21.8 Å². The Balaban J connectivity index is 1.49. The van der Waals surface area contributed by atoms with Crippen molar-refractivity contribution in [1.29, 1.82) is 0 Å². The van der Waals surface area contributed by atoms with E-state index in [1.54, 1.807) is 29.7 Å². The van der Waals surface area contributed by atoms with Crippen molar-refractivity contribution in [2.75, 3.05) is 16.8 Å². The van der Waals surface area contributed by atoms with Gasteiger partial charge in [-0.3, -0.25) is 4.79 Å². The number of hydrogen-bond donors (Lipinski definition) is 1. The number of aromatic nitrogens is 2. The molecule has 0 aliphatic carbocycles. The Bertz CT molecular complexity index is 920. The fraction of sp³-hybridized carbons (Fsp3) is 0.278. The maximum Gasteiger partial charge on any atom is 0.255 e. The van der Waals surface area contributed by atoms with Gasteiger partial charge in [0.2, 0.25) is 5.88 Å². The van der Waals surface area contributed by atoms with Crippen molar-refractivity contribution in [2.24, 2.45) is 0 Å². The topological polar surface area (TPSA) is 64.1 Å². The summed E-state index contributed by atoms with van der Waals surface area (Å²) in [4.78, 5) is 21.2. The van der Waals surface area contributed by atoms with Gasteiger partial charge in [0.25, 0.3) is 5.91 Å². The van der Waals surface area contributed by atoms with Crippen molar-refractivity contribution in [2.45, 2.75) is 19.4 Å². The molecule has 5 nitrogen and oxygen atoms in total. The summed E-state index contributed by atoms with van der Waals surface area (Å²) in [5.41, 5.74) is 2.16. The van der Waals surface area contributed by atoms with E-state index in [4.69, 9.17) is 4.74 Å².